The number of hydrogen-bond acceptors (Lipinski definition) is 5. The van der Waals surface area contributed by atoms with E-state index in [2.05, 4.69) is 15.6 Å². The number of fused-ring (bicyclic) bond motifs is 2. The Morgan fingerprint density at radius 3 is 2.22 bits per heavy atom. The molecule has 236 valence electrons. The fourth-order valence-electron chi connectivity index (χ4n) is 6.41. The summed E-state index contributed by atoms with van der Waals surface area (Å²) in [5, 5.41) is 9.29. The van der Waals surface area contributed by atoms with Gasteiger partial charge in [0.25, 0.3) is 0 Å². The van der Waals surface area contributed by atoms with Crippen molar-refractivity contribution < 1.29 is 35.9 Å². The number of amides is 1. The smallest absolute Gasteiger partial charge is 0.371 e. The van der Waals surface area contributed by atoms with Crippen LogP contribution in [0.15, 0.2) is 84.2 Å². The minimum atomic E-state index is -4.95. The van der Waals surface area contributed by atoms with Crippen molar-refractivity contribution in [3.05, 3.63) is 112 Å². The van der Waals surface area contributed by atoms with Crippen LogP contribution in [0.4, 0.5) is 26.3 Å². The van der Waals surface area contributed by atoms with Crippen LogP contribution in [-0.4, -0.2) is 23.0 Å². The van der Waals surface area contributed by atoms with Crippen LogP contribution in [0.1, 0.15) is 46.5 Å². The average Bonchev–Trinajstić information content (AvgIpc) is 3.63. The van der Waals surface area contributed by atoms with Gasteiger partial charge in [-0.15, -0.1) is 11.3 Å². The van der Waals surface area contributed by atoms with Crippen LogP contribution in [-0.2, 0) is 40.6 Å². The summed E-state index contributed by atoms with van der Waals surface area (Å²) in [6, 6.07) is 20.3. The molecule has 2 aliphatic heterocycles. The van der Waals surface area contributed by atoms with E-state index < -0.39 is 47.6 Å². The van der Waals surface area contributed by atoms with Crippen molar-refractivity contribution in [3.8, 4) is 11.3 Å². The number of nitrogens with one attached hydrogen (secondary N) is 2. The molecular weight excluding hydrogens is 616 g/mol. The largest absolute Gasteiger partial charge is 0.416 e. The third-order valence-electron chi connectivity index (χ3n) is 8.52. The summed E-state index contributed by atoms with van der Waals surface area (Å²) >= 11 is 1.45. The minimum absolute atomic E-state index is 0.107. The van der Waals surface area contributed by atoms with E-state index in [1.807, 2.05) is 66.0 Å². The first-order valence-electron chi connectivity index (χ1n) is 14.4. The minimum Gasteiger partial charge on any atom is -0.371 e. The van der Waals surface area contributed by atoms with Gasteiger partial charge < -0.3 is 15.4 Å². The summed E-state index contributed by atoms with van der Waals surface area (Å²) in [5.41, 5.74) is -1.21. The highest BCUT2D eigenvalue weighted by atomic mass is 32.1. The molecule has 0 aliphatic carbocycles. The molecular formula is C33H29F6N3O2S. The zero-order chi connectivity index (χ0) is 31.8. The molecule has 4 atom stereocenters. The summed E-state index contributed by atoms with van der Waals surface area (Å²) in [5.74, 6) is -0.590. The molecule has 2 bridgehead atoms. The molecule has 0 spiro atoms. The molecule has 4 aromatic rings. The Bertz CT molecular complexity index is 1610. The number of benzene rings is 3. The predicted molar refractivity (Wildman–Crippen MR) is 157 cm³/mol. The lowest BCUT2D eigenvalue weighted by Gasteiger charge is -2.42. The first-order chi connectivity index (χ1) is 21.4. The van der Waals surface area contributed by atoms with E-state index in [1.54, 1.807) is 0 Å². The van der Waals surface area contributed by atoms with Crippen molar-refractivity contribution in [1.82, 2.24) is 15.6 Å². The van der Waals surface area contributed by atoms with Crippen molar-refractivity contribution in [2.24, 2.45) is 5.92 Å². The van der Waals surface area contributed by atoms with Gasteiger partial charge in [-0.3, -0.25) is 4.79 Å². The third kappa shape index (κ3) is 6.63. The first kappa shape index (κ1) is 31.3. The Morgan fingerprint density at radius 1 is 0.933 bits per heavy atom. The Labute approximate surface area is 259 Å². The zero-order valence-corrected chi connectivity index (χ0v) is 24.6. The monoisotopic (exact) mass is 645 g/mol. The number of carbonyl (C=O) groups excluding carboxylic acids is 1. The van der Waals surface area contributed by atoms with Gasteiger partial charge in [0.15, 0.2) is 0 Å². The molecule has 4 unspecified atom stereocenters. The molecule has 6 rings (SSSR count). The highest BCUT2D eigenvalue weighted by Crippen LogP contribution is 2.48. The topological polar surface area (TPSA) is 63.2 Å². The van der Waals surface area contributed by atoms with Crippen molar-refractivity contribution in [2.75, 3.05) is 0 Å². The van der Waals surface area contributed by atoms with Crippen LogP contribution in [0.2, 0.25) is 0 Å². The van der Waals surface area contributed by atoms with Crippen molar-refractivity contribution in [3.63, 3.8) is 0 Å². The molecule has 0 saturated carbocycles. The van der Waals surface area contributed by atoms with E-state index >= 15 is 0 Å². The second kappa shape index (κ2) is 12.2. The van der Waals surface area contributed by atoms with E-state index in [0.29, 0.717) is 31.4 Å². The molecule has 0 radical (unpaired) electrons. The Balaban J connectivity index is 1.19. The van der Waals surface area contributed by atoms with E-state index in [4.69, 9.17) is 4.74 Å². The summed E-state index contributed by atoms with van der Waals surface area (Å²) in [7, 11) is 0. The summed E-state index contributed by atoms with van der Waals surface area (Å²) in [4.78, 5) is 18.2. The summed E-state index contributed by atoms with van der Waals surface area (Å²) in [6.45, 7) is -0.196. The van der Waals surface area contributed by atoms with Crippen LogP contribution in [0, 0.1) is 5.92 Å². The molecule has 3 heterocycles. The number of rotatable bonds is 8. The second-order valence-electron chi connectivity index (χ2n) is 11.4. The lowest BCUT2D eigenvalue weighted by molar-refractivity contribution is -0.143. The number of carbonyl (C=O) groups is 1. The Hall–Kier alpha value is -3.74. The first-order valence-corrected chi connectivity index (χ1v) is 15.3. The van der Waals surface area contributed by atoms with Crippen LogP contribution in [0.5, 0.6) is 0 Å². The van der Waals surface area contributed by atoms with Crippen molar-refractivity contribution in [1.29, 1.82) is 0 Å². The molecule has 3 aromatic carbocycles. The van der Waals surface area contributed by atoms with Crippen LogP contribution < -0.4 is 10.6 Å². The molecule has 2 fully saturated rings. The molecule has 1 amide bonds. The van der Waals surface area contributed by atoms with E-state index in [0.717, 1.165) is 21.8 Å². The van der Waals surface area contributed by atoms with Gasteiger partial charge in [-0.1, -0.05) is 60.7 Å². The van der Waals surface area contributed by atoms with Gasteiger partial charge in [-0.05, 0) is 48.6 Å². The number of halogens is 6. The van der Waals surface area contributed by atoms with Crippen molar-refractivity contribution >= 4 is 17.2 Å². The van der Waals surface area contributed by atoms with Crippen LogP contribution >= 0.6 is 11.3 Å². The van der Waals surface area contributed by atoms with Gasteiger partial charge in [-0.25, -0.2) is 4.98 Å². The number of piperidine rings is 1. The lowest BCUT2D eigenvalue weighted by atomic mass is 9.80. The van der Waals surface area contributed by atoms with Gasteiger partial charge in [-0.2, -0.15) is 26.3 Å². The SMILES string of the molecule is O=C(NCc1nc(-c2ccccc2)cs1)C1CC2(c3ccccc3)NC1CCC2OCc1cc(C(F)(F)F)cc(C(F)(F)F)c1. The van der Waals surface area contributed by atoms with E-state index in [-0.39, 0.29) is 30.1 Å². The molecule has 2 N–H and O–H groups in total. The number of alkyl halides is 6. The van der Waals surface area contributed by atoms with Gasteiger partial charge in [0.1, 0.15) is 5.01 Å². The van der Waals surface area contributed by atoms with Crippen molar-refractivity contribution in [2.45, 2.75) is 62.5 Å². The van der Waals surface area contributed by atoms with Crippen LogP contribution in [0.3, 0.4) is 0 Å². The maximum Gasteiger partial charge on any atom is 0.416 e. The van der Waals surface area contributed by atoms with E-state index in [1.165, 1.54) is 11.3 Å². The zero-order valence-electron chi connectivity index (χ0n) is 23.8. The lowest BCUT2D eigenvalue weighted by Crippen LogP contribution is -2.54. The van der Waals surface area contributed by atoms with Gasteiger partial charge in [0.2, 0.25) is 5.91 Å². The second-order valence-corrected chi connectivity index (χ2v) is 12.3. The Morgan fingerprint density at radius 2 is 1.58 bits per heavy atom. The number of thiazole rings is 1. The quantitative estimate of drug-likeness (QED) is 0.193. The number of ether oxygens (including phenoxy) is 1. The molecule has 2 saturated heterocycles. The molecule has 5 nitrogen and oxygen atoms in total. The summed E-state index contributed by atoms with van der Waals surface area (Å²) in [6.07, 6.45) is -9.15. The van der Waals surface area contributed by atoms with E-state index in [9.17, 15) is 31.1 Å². The van der Waals surface area contributed by atoms with Gasteiger partial charge in [0.05, 0.1) is 47.5 Å². The fourth-order valence-corrected chi connectivity index (χ4v) is 7.15. The highest BCUT2D eigenvalue weighted by molar-refractivity contribution is 7.09. The standard InChI is InChI=1S/C33H29F6N3O2S/c34-32(35,36)23-13-20(14-24(15-23)33(37,38)39)18-44-28-12-11-26-25(16-31(28,42-26)22-9-5-2-6-10-22)30(43)40-17-29-41-27(19-45-29)21-7-3-1-4-8-21/h1-10,13-15,19,25-26,28,42H,11-12,16-18H2,(H,40,43). The number of hydrogen-bond donors (Lipinski definition) is 2. The maximum atomic E-state index is 13.5. The van der Waals surface area contributed by atoms with Gasteiger partial charge in [0, 0.05) is 17.0 Å². The molecule has 12 heteroatoms. The molecule has 45 heavy (non-hydrogen) atoms. The summed E-state index contributed by atoms with van der Waals surface area (Å²) < 4.78 is 86.8. The normalized spacial score (nSPS) is 23.2. The molecule has 2 aliphatic rings. The van der Waals surface area contributed by atoms with Crippen LogP contribution in [0.25, 0.3) is 11.3 Å². The van der Waals surface area contributed by atoms with Gasteiger partial charge >= 0.3 is 12.4 Å². The fraction of sp³-hybridized carbons (Fsp3) is 0.333. The number of nitrogens with zero attached hydrogens (tertiary/aromatic N) is 1. The average molecular weight is 646 g/mol. The number of aromatic nitrogens is 1. The highest BCUT2D eigenvalue weighted by Gasteiger charge is 2.56. The molecule has 1 aromatic heterocycles. The third-order valence-corrected chi connectivity index (χ3v) is 9.37. The predicted octanol–water partition coefficient (Wildman–Crippen LogP) is 7.72. The maximum absolute atomic E-state index is 13.5. The Kier molecular flexibility index (Phi) is 8.49.